The van der Waals surface area contributed by atoms with Crippen molar-refractivity contribution in [2.24, 2.45) is 0 Å². The topological polar surface area (TPSA) is 88.4 Å². The maximum atomic E-state index is 12.2. The molecule has 0 aliphatic rings. The number of halogens is 1. The molecule has 0 aliphatic carbocycles. The Morgan fingerprint density at radius 1 is 1.08 bits per heavy atom. The molecule has 3 aromatic rings. The van der Waals surface area contributed by atoms with Gasteiger partial charge in [-0.3, -0.25) is 4.79 Å². The van der Waals surface area contributed by atoms with Crippen LogP contribution in [0.25, 0.3) is 11.0 Å². The van der Waals surface area contributed by atoms with E-state index in [1.54, 1.807) is 24.3 Å². The molecule has 0 saturated carbocycles. The summed E-state index contributed by atoms with van der Waals surface area (Å²) in [5, 5.41) is 3.93. The van der Waals surface area contributed by atoms with Crippen LogP contribution in [0.4, 0.5) is 5.69 Å². The number of nitrogens with one attached hydrogen (secondary N) is 2. The average Bonchev–Trinajstić information content (AvgIpc) is 2.98. The summed E-state index contributed by atoms with van der Waals surface area (Å²) >= 11 is 5.90. The Labute approximate surface area is 143 Å². The van der Waals surface area contributed by atoms with E-state index in [0.29, 0.717) is 16.3 Å². The van der Waals surface area contributed by atoms with Gasteiger partial charge in [0.15, 0.2) is 5.76 Å². The van der Waals surface area contributed by atoms with Crippen molar-refractivity contribution in [1.29, 1.82) is 0 Å². The molecule has 0 spiro atoms. The number of furan rings is 1. The summed E-state index contributed by atoms with van der Waals surface area (Å²) in [4.78, 5) is 12.4. The molecule has 0 radical (unpaired) electrons. The molecule has 0 bridgehead atoms. The number of carbonyl (C=O) groups is 1. The molecule has 1 amide bonds. The number of benzene rings is 2. The molecule has 2 N–H and O–H groups in total. The predicted octanol–water partition coefficient (Wildman–Crippen LogP) is 3.25. The van der Waals surface area contributed by atoms with Crippen molar-refractivity contribution in [3.8, 4) is 0 Å². The first kappa shape index (κ1) is 16.5. The van der Waals surface area contributed by atoms with Gasteiger partial charge in [-0.2, -0.15) is 0 Å². The van der Waals surface area contributed by atoms with Gasteiger partial charge in [0.1, 0.15) is 5.58 Å². The summed E-state index contributed by atoms with van der Waals surface area (Å²) in [7, 11) is -2.18. The molecular weight excluding hydrogens is 352 g/mol. The Morgan fingerprint density at radius 2 is 1.79 bits per heavy atom. The second-order valence-corrected chi connectivity index (χ2v) is 7.30. The van der Waals surface area contributed by atoms with Crippen molar-refractivity contribution >= 4 is 44.2 Å². The number of fused-ring (bicyclic) bond motifs is 1. The minimum atomic E-state index is -3.51. The van der Waals surface area contributed by atoms with Crippen LogP contribution in [0.5, 0.6) is 0 Å². The molecule has 3 rings (SSSR count). The summed E-state index contributed by atoms with van der Waals surface area (Å²) in [5.74, 6) is -0.300. The third kappa shape index (κ3) is 3.28. The van der Waals surface area contributed by atoms with E-state index in [4.69, 9.17) is 16.0 Å². The van der Waals surface area contributed by atoms with E-state index < -0.39 is 15.9 Å². The lowest BCUT2D eigenvalue weighted by Crippen LogP contribution is -2.18. The van der Waals surface area contributed by atoms with E-state index in [-0.39, 0.29) is 10.7 Å². The van der Waals surface area contributed by atoms with Crippen LogP contribution < -0.4 is 10.0 Å². The number of sulfonamides is 1. The Morgan fingerprint density at radius 3 is 2.46 bits per heavy atom. The number of hydrogen-bond acceptors (Lipinski definition) is 4. The van der Waals surface area contributed by atoms with Gasteiger partial charge in [-0.25, -0.2) is 13.1 Å². The highest BCUT2D eigenvalue weighted by atomic mass is 35.5. The molecule has 6 nitrogen and oxygen atoms in total. The number of carbonyl (C=O) groups excluding carboxylic acids is 1. The van der Waals surface area contributed by atoms with Gasteiger partial charge in [0.05, 0.1) is 4.90 Å². The first-order chi connectivity index (χ1) is 11.4. The predicted molar refractivity (Wildman–Crippen MR) is 91.9 cm³/mol. The summed E-state index contributed by atoms with van der Waals surface area (Å²) in [6.07, 6.45) is 0. The number of anilines is 1. The summed E-state index contributed by atoms with van der Waals surface area (Å²) in [5.41, 5.74) is 1.01. The largest absolute Gasteiger partial charge is 0.451 e. The zero-order valence-electron chi connectivity index (χ0n) is 12.5. The minimum Gasteiger partial charge on any atom is -0.451 e. The van der Waals surface area contributed by atoms with E-state index in [1.165, 1.54) is 31.3 Å². The smallest absolute Gasteiger partial charge is 0.291 e. The summed E-state index contributed by atoms with van der Waals surface area (Å²) in [6, 6.07) is 12.5. The van der Waals surface area contributed by atoms with Gasteiger partial charge in [-0.05, 0) is 55.6 Å². The Balaban J connectivity index is 1.81. The fourth-order valence-electron chi connectivity index (χ4n) is 2.15. The van der Waals surface area contributed by atoms with Crippen LogP contribution in [-0.2, 0) is 10.0 Å². The van der Waals surface area contributed by atoms with E-state index in [1.807, 2.05) is 0 Å². The summed E-state index contributed by atoms with van der Waals surface area (Å²) < 4.78 is 31.0. The Hall–Kier alpha value is -2.35. The molecule has 0 fully saturated rings. The third-order valence-corrected chi connectivity index (χ3v) is 5.06. The SMILES string of the molecule is CNS(=O)(=O)c1ccc(NC(=O)c2cc3cc(Cl)ccc3o2)cc1. The molecular formula is C16H13ClN2O4S. The quantitative estimate of drug-likeness (QED) is 0.743. The molecule has 1 aromatic heterocycles. The molecule has 0 aliphatic heterocycles. The molecule has 0 atom stereocenters. The fourth-order valence-corrected chi connectivity index (χ4v) is 3.06. The monoisotopic (exact) mass is 364 g/mol. The van der Waals surface area contributed by atoms with Crippen LogP contribution in [0.1, 0.15) is 10.6 Å². The average molecular weight is 365 g/mol. The molecule has 8 heteroatoms. The van der Waals surface area contributed by atoms with Crippen molar-refractivity contribution in [3.05, 3.63) is 59.3 Å². The number of rotatable bonds is 4. The second kappa shape index (κ2) is 6.27. The fraction of sp³-hybridized carbons (Fsp3) is 0.0625. The number of hydrogen-bond donors (Lipinski definition) is 2. The van der Waals surface area contributed by atoms with Gasteiger partial charge in [-0.1, -0.05) is 11.6 Å². The van der Waals surface area contributed by atoms with Gasteiger partial charge >= 0.3 is 0 Å². The van der Waals surface area contributed by atoms with Crippen molar-refractivity contribution in [1.82, 2.24) is 4.72 Å². The van der Waals surface area contributed by atoms with Crippen molar-refractivity contribution in [3.63, 3.8) is 0 Å². The van der Waals surface area contributed by atoms with Crippen molar-refractivity contribution < 1.29 is 17.6 Å². The Kier molecular flexibility index (Phi) is 4.31. The lowest BCUT2D eigenvalue weighted by atomic mass is 10.2. The number of amides is 1. The highest BCUT2D eigenvalue weighted by Gasteiger charge is 2.14. The van der Waals surface area contributed by atoms with E-state index in [9.17, 15) is 13.2 Å². The first-order valence-corrected chi connectivity index (χ1v) is 8.79. The Bertz CT molecular complexity index is 1010. The van der Waals surface area contributed by atoms with E-state index >= 15 is 0 Å². The standard InChI is InChI=1S/C16H13ClN2O4S/c1-18-24(21,22)13-5-3-12(4-6-13)19-16(20)15-9-10-8-11(17)2-7-14(10)23-15/h2-9,18H,1H3,(H,19,20). The molecule has 0 saturated heterocycles. The minimum absolute atomic E-state index is 0.112. The van der Waals surface area contributed by atoms with Crippen LogP contribution in [0, 0.1) is 0 Å². The van der Waals surface area contributed by atoms with Gasteiger partial charge in [0.2, 0.25) is 10.0 Å². The zero-order chi connectivity index (χ0) is 17.3. The molecule has 0 unspecified atom stereocenters. The van der Waals surface area contributed by atoms with Crippen molar-refractivity contribution in [2.75, 3.05) is 12.4 Å². The lowest BCUT2D eigenvalue weighted by Gasteiger charge is -2.05. The van der Waals surface area contributed by atoms with Gasteiger partial charge < -0.3 is 9.73 Å². The van der Waals surface area contributed by atoms with Crippen LogP contribution in [-0.4, -0.2) is 21.4 Å². The van der Waals surface area contributed by atoms with Crippen LogP contribution in [0.3, 0.4) is 0 Å². The highest BCUT2D eigenvalue weighted by Crippen LogP contribution is 2.24. The van der Waals surface area contributed by atoms with E-state index in [0.717, 1.165) is 5.39 Å². The molecule has 124 valence electrons. The van der Waals surface area contributed by atoms with E-state index in [2.05, 4.69) is 10.0 Å². The third-order valence-electron chi connectivity index (χ3n) is 3.39. The van der Waals surface area contributed by atoms with Gasteiger partial charge in [0.25, 0.3) is 5.91 Å². The van der Waals surface area contributed by atoms with Crippen LogP contribution in [0.15, 0.2) is 57.8 Å². The molecule has 2 aromatic carbocycles. The van der Waals surface area contributed by atoms with Gasteiger partial charge in [0, 0.05) is 16.1 Å². The maximum Gasteiger partial charge on any atom is 0.291 e. The molecule has 24 heavy (non-hydrogen) atoms. The highest BCUT2D eigenvalue weighted by molar-refractivity contribution is 7.89. The van der Waals surface area contributed by atoms with Crippen LogP contribution in [0.2, 0.25) is 5.02 Å². The normalized spacial score (nSPS) is 11.6. The first-order valence-electron chi connectivity index (χ1n) is 6.93. The summed E-state index contributed by atoms with van der Waals surface area (Å²) in [6.45, 7) is 0. The lowest BCUT2D eigenvalue weighted by molar-refractivity contribution is 0.0998. The maximum absolute atomic E-state index is 12.2. The zero-order valence-corrected chi connectivity index (χ0v) is 14.1. The molecule has 1 heterocycles. The van der Waals surface area contributed by atoms with Crippen molar-refractivity contribution in [2.45, 2.75) is 4.90 Å². The van der Waals surface area contributed by atoms with Crippen LogP contribution >= 0.6 is 11.6 Å². The second-order valence-electron chi connectivity index (χ2n) is 4.98. The van der Waals surface area contributed by atoms with Gasteiger partial charge in [-0.15, -0.1) is 0 Å².